The minimum atomic E-state index is 0.260. The van der Waals surface area contributed by atoms with Crippen LogP contribution in [-0.4, -0.2) is 13.2 Å². The Hall–Kier alpha value is -2.00. The fourth-order valence-electron chi connectivity index (χ4n) is 2.74. The highest BCUT2D eigenvalue weighted by molar-refractivity contribution is 5.44. The predicted octanol–water partition coefficient (Wildman–Crippen LogP) is 4.43. The molecule has 23 heavy (non-hydrogen) atoms. The number of benzene rings is 2. The summed E-state index contributed by atoms with van der Waals surface area (Å²) in [6.07, 6.45) is 0. The summed E-state index contributed by atoms with van der Waals surface area (Å²) in [5, 5.41) is 3.57. The molecule has 2 aromatic rings. The maximum absolute atomic E-state index is 5.66. The average Bonchev–Trinajstić information content (AvgIpc) is 2.59. The van der Waals surface area contributed by atoms with E-state index >= 15 is 0 Å². The van der Waals surface area contributed by atoms with Crippen molar-refractivity contribution >= 4 is 0 Å². The van der Waals surface area contributed by atoms with E-state index in [0.717, 1.165) is 18.0 Å². The minimum absolute atomic E-state index is 0.260. The van der Waals surface area contributed by atoms with Gasteiger partial charge in [0.15, 0.2) is 11.5 Å². The molecule has 3 nitrogen and oxygen atoms in total. The maximum Gasteiger partial charge on any atom is 0.161 e. The van der Waals surface area contributed by atoms with E-state index < -0.39 is 0 Å². The Kier molecular flexibility index (Phi) is 4.87. The van der Waals surface area contributed by atoms with Crippen LogP contribution >= 0.6 is 0 Å². The second kappa shape index (κ2) is 7.05. The van der Waals surface area contributed by atoms with Gasteiger partial charge in [0.05, 0.1) is 0 Å². The van der Waals surface area contributed by atoms with Gasteiger partial charge in [-0.15, -0.1) is 0 Å². The molecule has 0 saturated heterocycles. The summed E-state index contributed by atoms with van der Waals surface area (Å²) < 4.78 is 11.2. The molecule has 0 aliphatic carbocycles. The summed E-state index contributed by atoms with van der Waals surface area (Å²) in [6, 6.07) is 15.3. The van der Waals surface area contributed by atoms with Crippen molar-refractivity contribution < 1.29 is 9.47 Å². The third kappa shape index (κ3) is 3.85. The summed E-state index contributed by atoms with van der Waals surface area (Å²) in [5.74, 6) is 2.27. The quantitative estimate of drug-likeness (QED) is 0.886. The molecule has 1 aliphatic heterocycles. The highest BCUT2D eigenvalue weighted by atomic mass is 16.6. The third-order valence-corrected chi connectivity index (χ3v) is 4.32. The van der Waals surface area contributed by atoms with Crippen molar-refractivity contribution in [3.63, 3.8) is 0 Å². The topological polar surface area (TPSA) is 30.5 Å². The molecule has 0 unspecified atom stereocenters. The van der Waals surface area contributed by atoms with Gasteiger partial charge in [0, 0.05) is 12.6 Å². The SMILES string of the molecule is CC(C)c1ccc(CN[C@@H](C)c2ccc3c(c2)OCCO3)cc1. The first-order valence-corrected chi connectivity index (χ1v) is 8.35. The molecule has 1 N–H and O–H groups in total. The van der Waals surface area contributed by atoms with Crippen molar-refractivity contribution in [2.45, 2.75) is 39.3 Å². The van der Waals surface area contributed by atoms with E-state index in [2.05, 4.69) is 62.5 Å². The second-order valence-corrected chi connectivity index (χ2v) is 6.40. The van der Waals surface area contributed by atoms with E-state index in [4.69, 9.17) is 9.47 Å². The van der Waals surface area contributed by atoms with E-state index in [1.165, 1.54) is 16.7 Å². The average molecular weight is 311 g/mol. The molecule has 0 bridgehead atoms. The Morgan fingerprint density at radius 2 is 1.52 bits per heavy atom. The van der Waals surface area contributed by atoms with E-state index in [1.807, 2.05) is 6.07 Å². The molecule has 2 aromatic carbocycles. The molecule has 3 heteroatoms. The van der Waals surface area contributed by atoms with Crippen LogP contribution in [0.5, 0.6) is 11.5 Å². The van der Waals surface area contributed by atoms with Gasteiger partial charge in [0.2, 0.25) is 0 Å². The van der Waals surface area contributed by atoms with Crippen LogP contribution in [0.2, 0.25) is 0 Å². The summed E-state index contributed by atoms with van der Waals surface area (Å²) in [5.41, 5.74) is 3.90. The zero-order valence-corrected chi connectivity index (χ0v) is 14.1. The van der Waals surface area contributed by atoms with E-state index in [0.29, 0.717) is 19.1 Å². The molecule has 0 amide bonds. The lowest BCUT2D eigenvalue weighted by molar-refractivity contribution is 0.171. The maximum atomic E-state index is 5.66. The van der Waals surface area contributed by atoms with Gasteiger partial charge in [-0.3, -0.25) is 0 Å². The number of fused-ring (bicyclic) bond motifs is 1. The smallest absolute Gasteiger partial charge is 0.161 e. The Morgan fingerprint density at radius 1 is 0.870 bits per heavy atom. The third-order valence-electron chi connectivity index (χ3n) is 4.32. The van der Waals surface area contributed by atoms with Gasteiger partial charge in [-0.2, -0.15) is 0 Å². The Balaban J connectivity index is 1.61. The molecule has 122 valence electrons. The number of ether oxygens (including phenoxy) is 2. The number of nitrogens with one attached hydrogen (secondary N) is 1. The van der Waals surface area contributed by atoms with Crippen molar-refractivity contribution in [1.29, 1.82) is 0 Å². The molecular formula is C20H25NO2. The van der Waals surface area contributed by atoms with Crippen LogP contribution in [0.1, 0.15) is 49.4 Å². The lowest BCUT2D eigenvalue weighted by atomic mass is 10.0. The summed E-state index contributed by atoms with van der Waals surface area (Å²) in [6.45, 7) is 8.73. The molecule has 1 aliphatic rings. The molecule has 1 heterocycles. The molecule has 0 radical (unpaired) electrons. The molecule has 0 aromatic heterocycles. The zero-order valence-electron chi connectivity index (χ0n) is 14.1. The number of hydrogen-bond donors (Lipinski definition) is 1. The van der Waals surface area contributed by atoms with E-state index in [-0.39, 0.29) is 6.04 Å². The van der Waals surface area contributed by atoms with Crippen molar-refractivity contribution in [3.8, 4) is 11.5 Å². The van der Waals surface area contributed by atoms with Gasteiger partial charge in [-0.05, 0) is 41.7 Å². The fourth-order valence-corrected chi connectivity index (χ4v) is 2.74. The van der Waals surface area contributed by atoms with Crippen LogP contribution in [0.4, 0.5) is 0 Å². The van der Waals surface area contributed by atoms with Crippen molar-refractivity contribution in [1.82, 2.24) is 5.32 Å². The van der Waals surface area contributed by atoms with Gasteiger partial charge in [0.25, 0.3) is 0 Å². The van der Waals surface area contributed by atoms with Gasteiger partial charge in [0.1, 0.15) is 13.2 Å². The Bertz CT molecular complexity index is 649. The summed E-state index contributed by atoms with van der Waals surface area (Å²) >= 11 is 0. The van der Waals surface area contributed by atoms with Crippen LogP contribution in [0.25, 0.3) is 0 Å². The first kappa shape index (κ1) is 15.9. The minimum Gasteiger partial charge on any atom is -0.486 e. The molecule has 3 rings (SSSR count). The van der Waals surface area contributed by atoms with Crippen molar-refractivity contribution in [2.75, 3.05) is 13.2 Å². The lowest BCUT2D eigenvalue weighted by Gasteiger charge is -2.21. The van der Waals surface area contributed by atoms with Crippen LogP contribution in [0, 0.1) is 0 Å². The molecule has 0 saturated carbocycles. The van der Waals surface area contributed by atoms with Crippen LogP contribution in [-0.2, 0) is 6.54 Å². The Labute approximate surface area is 138 Å². The molecule has 1 atom stereocenters. The number of hydrogen-bond acceptors (Lipinski definition) is 3. The van der Waals surface area contributed by atoms with Gasteiger partial charge in [-0.25, -0.2) is 0 Å². The van der Waals surface area contributed by atoms with Gasteiger partial charge >= 0.3 is 0 Å². The predicted molar refractivity (Wildman–Crippen MR) is 93.2 cm³/mol. The van der Waals surface area contributed by atoms with E-state index in [1.54, 1.807) is 0 Å². The van der Waals surface area contributed by atoms with Crippen LogP contribution in [0.15, 0.2) is 42.5 Å². The summed E-state index contributed by atoms with van der Waals surface area (Å²) in [7, 11) is 0. The van der Waals surface area contributed by atoms with Crippen LogP contribution in [0.3, 0.4) is 0 Å². The van der Waals surface area contributed by atoms with Gasteiger partial charge < -0.3 is 14.8 Å². The van der Waals surface area contributed by atoms with Crippen LogP contribution < -0.4 is 14.8 Å². The first-order chi connectivity index (χ1) is 11.1. The zero-order chi connectivity index (χ0) is 16.2. The lowest BCUT2D eigenvalue weighted by Crippen LogP contribution is -2.19. The Morgan fingerprint density at radius 3 is 2.22 bits per heavy atom. The normalized spacial score (nSPS) is 14.8. The van der Waals surface area contributed by atoms with Gasteiger partial charge in [-0.1, -0.05) is 44.2 Å². The molecule has 0 spiro atoms. The van der Waals surface area contributed by atoms with Crippen molar-refractivity contribution in [3.05, 3.63) is 59.2 Å². The molecule has 0 fully saturated rings. The first-order valence-electron chi connectivity index (χ1n) is 8.35. The highest BCUT2D eigenvalue weighted by Crippen LogP contribution is 2.32. The fraction of sp³-hybridized carbons (Fsp3) is 0.400. The van der Waals surface area contributed by atoms with E-state index in [9.17, 15) is 0 Å². The molecular weight excluding hydrogens is 286 g/mol. The summed E-state index contributed by atoms with van der Waals surface area (Å²) in [4.78, 5) is 0. The standard InChI is InChI=1S/C20H25NO2/c1-14(2)17-6-4-16(5-7-17)13-21-15(3)18-8-9-19-20(12-18)23-11-10-22-19/h4-9,12,14-15,21H,10-11,13H2,1-3H3/t15-/m0/s1. The second-order valence-electron chi connectivity index (χ2n) is 6.40. The largest absolute Gasteiger partial charge is 0.486 e. The van der Waals surface area contributed by atoms with Crippen molar-refractivity contribution in [2.24, 2.45) is 0 Å². The monoisotopic (exact) mass is 311 g/mol. The number of rotatable bonds is 5. The highest BCUT2D eigenvalue weighted by Gasteiger charge is 2.14.